The van der Waals surface area contributed by atoms with Gasteiger partial charge in [0.2, 0.25) is 5.91 Å². The van der Waals surface area contributed by atoms with Gasteiger partial charge < -0.3 is 10.2 Å². The van der Waals surface area contributed by atoms with Crippen LogP contribution in [0.3, 0.4) is 0 Å². The first-order valence-corrected chi connectivity index (χ1v) is 7.22. The van der Waals surface area contributed by atoms with Gasteiger partial charge in [-0.2, -0.15) is 0 Å². The van der Waals surface area contributed by atoms with Crippen molar-refractivity contribution in [2.45, 2.75) is 18.9 Å². The summed E-state index contributed by atoms with van der Waals surface area (Å²) in [4.78, 5) is 51.0. The summed E-state index contributed by atoms with van der Waals surface area (Å²) in [5, 5.41) is 3.12. The molecule has 2 rings (SSSR count). The summed E-state index contributed by atoms with van der Waals surface area (Å²) >= 11 is 0. The molecule has 1 N–H and O–H groups in total. The zero-order valence-electron chi connectivity index (χ0n) is 12.6. The van der Waals surface area contributed by atoms with Crippen LogP contribution in [0.5, 0.6) is 0 Å². The highest BCUT2D eigenvalue weighted by molar-refractivity contribution is 6.45. The minimum atomic E-state index is -0.956. The summed E-state index contributed by atoms with van der Waals surface area (Å²) in [7, 11) is 1.83. The number of rotatable bonds is 5. The number of hydrogen-bond donors (Lipinski definition) is 1. The second-order valence-electron chi connectivity index (χ2n) is 5.35. The van der Waals surface area contributed by atoms with E-state index in [1.54, 1.807) is 4.90 Å². The quantitative estimate of drug-likeness (QED) is 0.407. The Morgan fingerprint density at radius 3 is 2.64 bits per heavy atom. The molecular weight excluding hydrogens is 288 g/mol. The van der Waals surface area contributed by atoms with Crippen LogP contribution in [0.15, 0.2) is 12.7 Å². The Morgan fingerprint density at radius 1 is 1.32 bits per heavy atom. The minimum Gasteiger partial charge on any atom is -0.340 e. The van der Waals surface area contributed by atoms with Crippen LogP contribution in [0.4, 0.5) is 4.79 Å². The molecule has 0 bridgehead atoms. The molecule has 0 aliphatic carbocycles. The van der Waals surface area contributed by atoms with E-state index in [9.17, 15) is 19.2 Å². The molecule has 1 atom stereocenters. The standard InChI is InChI=1S/C14H20N4O4/c1-3-6-17-12(20)13(21)18(14(17)22)9-11(19)16-7-4-5-10(8-16)15-2/h3,10,15H,1,4-9H2,2H3. The molecule has 5 amide bonds. The Kier molecular flexibility index (Phi) is 4.92. The van der Waals surface area contributed by atoms with Crippen molar-refractivity contribution in [3.8, 4) is 0 Å². The Bertz CT molecular complexity index is 519. The molecule has 2 heterocycles. The van der Waals surface area contributed by atoms with Crippen LogP contribution in [0.25, 0.3) is 0 Å². The zero-order chi connectivity index (χ0) is 16.3. The third-order valence-corrected chi connectivity index (χ3v) is 3.92. The van der Waals surface area contributed by atoms with Gasteiger partial charge in [0, 0.05) is 25.7 Å². The topological polar surface area (TPSA) is 90.0 Å². The van der Waals surface area contributed by atoms with Crippen molar-refractivity contribution >= 4 is 23.8 Å². The summed E-state index contributed by atoms with van der Waals surface area (Å²) in [6.45, 7) is 4.13. The lowest BCUT2D eigenvalue weighted by Crippen LogP contribution is -2.50. The number of nitrogens with one attached hydrogen (secondary N) is 1. The number of imide groups is 2. The van der Waals surface area contributed by atoms with Gasteiger partial charge in [-0.05, 0) is 19.9 Å². The van der Waals surface area contributed by atoms with Gasteiger partial charge in [-0.15, -0.1) is 6.58 Å². The molecule has 0 radical (unpaired) electrons. The molecule has 8 heteroatoms. The van der Waals surface area contributed by atoms with E-state index in [2.05, 4.69) is 11.9 Å². The lowest BCUT2D eigenvalue weighted by molar-refractivity contribution is -0.145. The normalized spacial score (nSPS) is 22.5. The van der Waals surface area contributed by atoms with Gasteiger partial charge in [0.15, 0.2) is 0 Å². The highest BCUT2D eigenvalue weighted by Gasteiger charge is 2.45. The predicted octanol–water partition coefficient (Wildman–Crippen LogP) is -0.826. The van der Waals surface area contributed by atoms with Crippen LogP contribution in [0.1, 0.15) is 12.8 Å². The van der Waals surface area contributed by atoms with E-state index in [-0.39, 0.29) is 18.5 Å². The highest BCUT2D eigenvalue weighted by atomic mass is 16.2. The van der Waals surface area contributed by atoms with E-state index in [4.69, 9.17) is 0 Å². The van der Waals surface area contributed by atoms with Crippen LogP contribution in [-0.4, -0.2) is 77.7 Å². The molecule has 0 aromatic heterocycles. The summed E-state index contributed by atoms with van der Waals surface area (Å²) < 4.78 is 0. The number of urea groups is 1. The first kappa shape index (κ1) is 16.2. The lowest BCUT2D eigenvalue weighted by Gasteiger charge is -2.33. The van der Waals surface area contributed by atoms with Crippen molar-refractivity contribution in [3.05, 3.63) is 12.7 Å². The van der Waals surface area contributed by atoms with Crippen LogP contribution < -0.4 is 5.32 Å². The van der Waals surface area contributed by atoms with Gasteiger partial charge in [-0.1, -0.05) is 6.08 Å². The monoisotopic (exact) mass is 308 g/mol. The van der Waals surface area contributed by atoms with Crippen molar-refractivity contribution in [2.24, 2.45) is 0 Å². The number of piperidine rings is 1. The SMILES string of the molecule is C=CCN1C(=O)C(=O)N(CC(=O)N2CCCC(NC)C2)C1=O. The maximum Gasteiger partial charge on any atom is 0.335 e. The van der Waals surface area contributed by atoms with Crippen LogP contribution >= 0.6 is 0 Å². The maximum absolute atomic E-state index is 12.3. The van der Waals surface area contributed by atoms with Crippen LogP contribution in [0, 0.1) is 0 Å². The van der Waals surface area contributed by atoms with Crippen LogP contribution in [-0.2, 0) is 14.4 Å². The highest BCUT2D eigenvalue weighted by Crippen LogP contribution is 2.14. The number of hydrogen-bond acceptors (Lipinski definition) is 5. The van der Waals surface area contributed by atoms with Crippen molar-refractivity contribution in [2.75, 3.05) is 33.2 Å². The van der Waals surface area contributed by atoms with Crippen molar-refractivity contribution in [1.82, 2.24) is 20.0 Å². The molecule has 2 aliphatic heterocycles. The van der Waals surface area contributed by atoms with Crippen molar-refractivity contribution < 1.29 is 19.2 Å². The summed E-state index contributed by atoms with van der Waals surface area (Å²) in [5.74, 6) is -2.19. The average Bonchev–Trinajstić information content (AvgIpc) is 2.73. The second kappa shape index (κ2) is 6.69. The molecule has 0 saturated carbocycles. The maximum atomic E-state index is 12.3. The Labute approximate surface area is 128 Å². The molecule has 2 aliphatic rings. The molecule has 2 fully saturated rings. The van der Waals surface area contributed by atoms with E-state index in [0.717, 1.165) is 17.7 Å². The molecule has 0 spiro atoms. The fourth-order valence-corrected chi connectivity index (χ4v) is 2.65. The van der Waals surface area contributed by atoms with Gasteiger partial charge in [0.25, 0.3) is 0 Å². The fourth-order valence-electron chi connectivity index (χ4n) is 2.65. The first-order valence-electron chi connectivity index (χ1n) is 7.22. The number of amides is 5. The van der Waals surface area contributed by atoms with Gasteiger partial charge in [0.05, 0.1) is 0 Å². The molecule has 2 saturated heterocycles. The Morgan fingerprint density at radius 2 is 2.00 bits per heavy atom. The molecule has 8 nitrogen and oxygen atoms in total. The minimum absolute atomic E-state index is 0.0420. The van der Waals surface area contributed by atoms with Crippen molar-refractivity contribution in [1.29, 1.82) is 0 Å². The molecule has 0 aromatic carbocycles. The summed E-state index contributed by atoms with van der Waals surface area (Å²) in [5.41, 5.74) is 0. The third-order valence-electron chi connectivity index (χ3n) is 3.92. The van der Waals surface area contributed by atoms with E-state index in [1.807, 2.05) is 7.05 Å². The number of likely N-dealkylation sites (tertiary alicyclic amines) is 1. The average molecular weight is 308 g/mol. The smallest absolute Gasteiger partial charge is 0.335 e. The number of carbonyl (C=O) groups excluding carboxylic acids is 4. The summed E-state index contributed by atoms with van der Waals surface area (Å²) in [6, 6.07) is -0.549. The number of nitrogens with zero attached hydrogens (tertiary/aromatic N) is 3. The number of likely N-dealkylation sites (N-methyl/N-ethyl adjacent to an activating group) is 1. The molecule has 22 heavy (non-hydrogen) atoms. The third kappa shape index (κ3) is 3.01. The Balaban J connectivity index is 2.02. The van der Waals surface area contributed by atoms with Gasteiger partial charge in [0.1, 0.15) is 6.54 Å². The predicted molar refractivity (Wildman–Crippen MR) is 77.7 cm³/mol. The molecule has 0 aromatic rings. The zero-order valence-corrected chi connectivity index (χ0v) is 12.6. The van der Waals surface area contributed by atoms with Crippen molar-refractivity contribution in [3.63, 3.8) is 0 Å². The molecular formula is C14H20N4O4. The Hall–Kier alpha value is -2.22. The number of carbonyl (C=O) groups is 4. The fraction of sp³-hybridized carbons (Fsp3) is 0.571. The lowest BCUT2D eigenvalue weighted by atomic mass is 10.1. The van der Waals surface area contributed by atoms with Gasteiger partial charge in [-0.3, -0.25) is 19.3 Å². The van der Waals surface area contributed by atoms with E-state index in [1.165, 1.54) is 6.08 Å². The van der Waals surface area contributed by atoms with Crippen LogP contribution in [0.2, 0.25) is 0 Å². The second-order valence-corrected chi connectivity index (χ2v) is 5.35. The summed E-state index contributed by atoms with van der Waals surface area (Å²) in [6.07, 6.45) is 3.20. The first-order chi connectivity index (χ1) is 10.5. The van der Waals surface area contributed by atoms with Gasteiger partial charge in [-0.25, -0.2) is 9.69 Å². The van der Waals surface area contributed by atoms with E-state index in [0.29, 0.717) is 18.0 Å². The molecule has 1 unspecified atom stereocenters. The van der Waals surface area contributed by atoms with E-state index >= 15 is 0 Å². The molecule has 120 valence electrons. The largest absolute Gasteiger partial charge is 0.340 e. The van der Waals surface area contributed by atoms with Gasteiger partial charge >= 0.3 is 17.8 Å². The van der Waals surface area contributed by atoms with E-state index < -0.39 is 24.4 Å².